The van der Waals surface area contributed by atoms with Gasteiger partial charge in [0.25, 0.3) is 0 Å². The first-order valence-electron chi connectivity index (χ1n) is 13.5. The fourth-order valence-electron chi connectivity index (χ4n) is 5.05. The van der Waals surface area contributed by atoms with Gasteiger partial charge in [0.2, 0.25) is 5.91 Å². The molecule has 1 N–H and O–H groups in total. The van der Waals surface area contributed by atoms with E-state index in [2.05, 4.69) is 44.4 Å². The highest BCUT2D eigenvalue weighted by Gasteiger charge is 2.19. The number of anilines is 3. The molecule has 0 aliphatic carbocycles. The smallest absolute Gasteiger partial charge is 0.228 e. The fraction of sp³-hybridized carbons (Fsp3) is 0.182. The van der Waals surface area contributed by atoms with Crippen LogP contribution in [0.2, 0.25) is 0 Å². The molecule has 1 saturated heterocycles. The lowest BCUT2D eigenvalue weighted by Gasteiger charge is -2.36. The lowest BCUT2D eigenvalue weighted by atomic mass is 10.0. The van der Waals surface area contributed by atoms with Gasteiger partial charge in [-0.2, -0.15) is 0 Å². The molecule has 1 aliphatic heterocycles. The third kappa shape index (κ3) is 5.73. The zero-order valence-corrected chi connectivity index (χ0v) is 22.5. The van der Waals surface area contributed by atoms with Crippen LogP contribution in [-0.2, 0) is 11.2 Å². The second kappa shape index (κ2) is 11.5. The highest BCUT2D eigenvalue weighted by molar-refractivity contribution is 5.92. The van der Waals surface area contributed by atoms with Crippen molar-refractivity contribution in [1.29, 1.82) is 0 Å². The molecule has 40 heavy (non-hydrogen) atoms. The molecule has 2 heterocycles. The summed E-state index contributed by atoms with van der Waals surface area (Å²) in [6.07, 6.45) is 2.22. The average Bonchev–Trinajstić information content (AvgIpc) is 3.01. The van der Waals surface area contributed by atoms with Gasteiger partial charge >= 0.3 is 0 Å². The van der Waals surface area contributed by atoms with Crippen molar-refractivity contribution in [2.75, 3.05) is 48.4 Å². The number of carbonyl (C=O) groups excluding carboxylic acids is 1. The normalized spacial score (nSPS) is 13.3. The summed E-state index contributed by atoms with van der Waals surface area (Å²) in [5.74, 6) is 1.74. The molecule has 0 bridgehead atoms. The largest absolute Gasteiger partial charge is 0.497 e. The van der Waals surface area contributed by atoms with Gasteiger partial charge in [0.05, 0.1) is 30.8 Å². The number of aromatic nitrogens is 2. The molecule has 0 atom stereocenters. The van der Waals surface area contributed by atoms with E-state index in [1.165, 1.54) is 5.69 Å². The number of carbonyl (C=O) groups is 1. The topological polar surface area (TPSA) is 70.6 Å². The van der Waals surface area contributed by atoms with Crippen molar-refractivity contribution in [2.24, 2.45) is 0 Å². The predicted molar refractivity (Wildman–Crippen MR) is 161 cm³/mol. The van der Waals surface area contributed by atoms with Gasteiger partial charge in [-0.25, -0.2) is 4.98 Å². The SMILES string of the molecule is COc1ccc(N2CCN(c3cnc4ccc(-c5ccc(NC(=O)Cc6ccccc6)cc5)cc4n3)CC2)cc1. The number of benzene rings is 4. The van der Waals surface area contributed by atoms with E-state index in [-0.39, 0.29) is 5.91 Å². The Morgan fingerprint density at radius 1 is 0.800 bits per heavy atom. The maximum absolute atomic E-state index is 12.4. The standard InChI is InChI=1S/C33H31N5O2/c1-40-29-14-12-28(13-15-29)37-17-19-38(20-18-37)32-23-34-30-16-9-26(22-31(30)36-32)25-7-10-27(11-8-25)35-33(39)21-24-5-3-2-4-6-24/h2-16,22-23H,17-21H2,1H3,(H,35,39). The Morgan fingerprint density at radius 3 is 2.23 bits per heavy atom. The van der Waals surface area contributed by atoms with Gasteiger partial charge in [0.1, 0.15) is 11.6 Å². The van der Waals surface area contributed by atoms with Crippen molar-refractivity contribution < 1.29 is 9.53 Å². The van der Waals surface area contributed by atoms with Crippen LogP contribution in [-0.4, -0.2) is 49.2 Å². The second-order valence-electron chi connectivity index (χ2n) is 9.89. The second-order valence-corrected chi connectivity index (χ2v) is 9.89. The first-order valence-corrected chi connectivity index (χ1v) is 13.5. The minimum Gasteiger partial charge on any atom is -0.497 e. The molecule has 5 aromatic rings. The monoisotopic (exact) mass is 529 g/mol. The molecule has 7 heteroatoms. The van der Waals surface area contributed by atoms with Gasteiger partial charge in [0.15, 0.2) is 0 Å². The van der Waals surface area contributed by atoms with Crippen LogP contribution in [0, 0.1) is 0 Å². The molecule has 0 saturated carbocycles. The Kier molecular flexibility index (Phi) is 7.26. The lowest BCUT2D eigenvalue weighted by Crippen LogP contribution is -2.46. The van der Waals surface area contributed by atoms with Crippen LogP contribution in [0.3, 0.4) is 0 Å². The van der Waals surface area contributed by atoms with Crippen molar-refractivity contribution in [1.82, 2.24) is 9.97 Å². The van der Waals surface area contributed by atoms with Crippen LogP contribution in [0.25, 0.3) is 22.2 Å². The summed E-state index contributed by atoms with van der Waals surface area (Å²) in [5, 5.41) is 2.99. The zero-order valence-electron chi connectivity index (χ0n) is 22.5. The first-order chi connectivity index (χ1) is 19.6. The molecular formula is C33H31N5O2. The van der Waals surface area contributed by atoms with Gasteiger partial charge in [0, 0.05) is 37.6 Å². The van der Waals surface area contributed by atoms with Gasteiger partial charge in [-0.15, -0.1) is 0 Å². The molecular weight excluding hydrogens is 498 g/mol. The molecule has 4 aromatic carbocycles. The quantitative estimate of drug-likeness (QED) is 0.287. The van der Waals surface area contributed by atoms with E-state index in [0.29, 0.717) is 6.42 Å². The Hall–Kier alpha value is -4.91. The summed E-state index contributed by atoms with van der Waals surface area (Å²) in [4.78, 5) is 26.8. The third-order valence-electron chi connectivity index (χ3n) is 7.28. The van der Waals surface area contributed by atoms with Crippen molar-refractivity contribution in [3.63, 3.8) is 0 Å². The predicted octanol–water partition coefficient (Wildman–Crippen LogP) is 5.81. The highest BCUT2D eigenvalue weighted by Crippen LogP contribution is 2.27. The van der Waals surface area contributed by atoms with E-state index in [4.69, 9.17) is 9.72 Å². The molecule has 0 unspecified atom stereocenters. The van der Waals surface area contributed by atoms with Gasteiger partial charge in [-0.1, -0.05) is 48.5 Å². The number of rotatable bonds is 7. The van der Waals surface area contributed by atoms with Gasteiger partial charge in [-0.05, 0) is 65.2 Å². The van der Waals surface area contributed by atoms with Crippen LogP contribution < -0.4 is 19.9 Å². The number of fused-ring (bicyclic) bond motifs is 1. The maximum atomic E-state index is 12.4. The number of piperazine rings is 1. The van der Waals surface area contributed by atoms with Gasteiger partial charge in [-0.3, -0.25) is 9.78 Å². The van der Waals surface area contributed by atoms with E-state index in [0.717, 1.165) is 71.2 Å². The van der Waals surface area contributed by atoms with E-state index in [9.17, 15) is 4.79 Å². The number of nitrogens with zero attached hydrogens (tertiary/aromatic N) is 4. The number of methoxy groups -OCH3 is 1. The fourth-order valence-corrected chi connectivity index (χ4v) is 5.05. The van der Waals surface area contributed by atoms with E-state index in [1.54, 1.807) is 7.11 Å². The molecule has 200 valence electrons. The Bertz CT molecular complexity index is 1600. The Morgan fingerprint density at radius 2 is 1.50 bits per heavy atom. The molecule has 0 radical (unpaired) electrons. The molecule has 7 nitrogen and oxygen atoms in total. The van der Waals surface area contributed by atoms with E-state index >= 15 is 0 Å². The van der Waals surface area contributed by atoms with E-state index in [1.807, 2.05) is 79.0 Å². The summed E-state index contributed by atoms with van der Waals surface area (Å²) in [6.45, 7) is 3.59. The summed E-state index contributed by atoms with van der Waals surface area (Å²) in [7, 11) is 1.69. The molecule has 6 rings (SSSR count). The van der Waals surface area contributed by atoms with E-state index < -0.39 is 0 Å². The van der Waals surface area contributed by atoms with Crippen molar-refractivity contribution >= 4 is 34.1 Å². The van der Waals surface area contributed by atoms with Crippen LogP contribution >= 0.6 is 0 Å². The number of hydrogen-bond acceptors (Lipinski definition) is 6. The number of nitrogens with one attached hydrogen (secondary N) is 1. The minimum atomic E-state index is -0.0303. The average molecular weight is 530 g/mol. The molecule has 1 aromatic heterocycles. The number of hydrogen-bond donors (Lipinski definition) is 1. The minimum absolute atomic E-state index is 0.0303. The van der Waals surface area contributed by atoms with Crippen LogP contribution in [0.15, 0.2) is 103 Å². The van der Waals surface area contributed by atoms with Crippen molar-refractivity contribution in [3.05, 3.63) is 109 Å². The first kappa shape index (κ1) is 25.4. The van der Waals surface area contributed by atoms with Gasteiger partial charge < -0.3 is 19.9 Å². The zero-order chi connectivity index (χ0) is 27.3. The molecule has 1 aliphatic rings. The highest BCUT2D eigenvalue weighted by atomic mass is 16.5. The molecule has 1 amide bonds. The van der Waals surface area contributed by atoms with Crippen molar-refractivity contribution in [3.8, 4) is 16.9 Å². The summed E-state index contributed by atoms with van der Waals surface area (Å²) < 4.78 is 5.28. The molecule has 0 spiro atoms. The van der Waals surface area contributed by atoms with Crippen LogP contribution in [0.5, 0.6) is 5.75 Å². The summed E-state index contributed by atoms with van der Waals surface area (Å²) >= 11 is 0. The number of amides is 1. The lowest BCUT2D eigenvalue weighted by molar-refractivity contribution is -0.115. The third-order valence-corrected chi connectivity index (χ3v) is 7.28. The van der Waals surface area contributed by atoms with Crippen molar-refractivity contribution in [2.45, 2.75) is 6.42 Å². The Balaban J connectivity index is 1.12. The number of ether oxygens (including phenoxy) is 1. The summed E-state index contributed by atoms with van der Waals surface area (Å²) in [6, 6.07) is 32.1. The van der Waals surface area contributed by atoms with Crippen LogP contribution in [0.4, 0.5) is 17.2 Å². The summed E-state index contributed by atoms with van der Waals surface area (Å²) in [5.41, 5.74) is 6.83. The molecule has 1 fully saturated rings. The van der Waals surface area contributed by atoms with Crippen LogP contribution in [0.1, 0.15) is 5.56 Å². The maximum Gasteiger partial charge on any atom is 0.228 e. The Labute approximate surface area is 234 Å².